The zero-order valence-electron chi connectivity index (χ0n) is 11.0. The highest BCUT2D eigenvalue weighted by Crippen LogP contribution is 2.28. The third-order valence-corrected chi connectivity index (χ3v) is 4.64. The highest BCUT2D eigenvalue weighted by molar-refractivity contribution is 7.09. The number of aryl methyl sites for hydroxylation is 1. The standard InChI is InChI=1S/C13H23N3S/c1-9(14)12-5-4-6-16(7-12)10(2)13-8-17-11(3)15-13/h8-10,12H,4-7,14H2,1-3H3. The van der Waals surface area contributed by atoms with Crippen LogP contribution in [-0.2, 0) is 0 Å². The van der Waals surface area contributed by atoms with Crippen LogP contribution >= 0.6 is 11.3 Å². The lowest BCUT2D eigenvalue weighted by Crippen LogP contribution is -2.43. The summed E-state index contributed by atoms with van der Waals surface area (Å²) in [4.78, 5) is 7.14. The number of aromatic nitrogens is 1. The minimum Gasteiger partial charge on any atom is -0.328 e. The van der Waals surface area contributed by atoms with Crippen molar-refractivity contribution in [3.05, 3.63) is 16.1 Å². The van der Waals surface area contributed by atoms with Gasteiger partial charge in [0.05, 0.1) is 16.7 Å². The Morgan fingerprint density at radius 3 is 2.88 bits per heavy atom. The van der Waals surface area contributed by atoms with Crippen molar-refractivity contribution in [2.45, 2.75) is 45.7 Å². The van der Waals surface area contributed by atoms with Crippen LogP contribution in [0.5, 0.6) is 0 Å². The lowest BCUT2D eigenvalue weighted by atomic mass is 9.91. The van der Waals surface area contributed by atoms with Gasteiger partial charge in [-0.05, 0) is 46.1 Å². The summed E-state index contributed by atoms with van der Waals surface area (Å²) in [6.45, 7) is 8.77. The third-order valence-electron chi connectivity index (χ3n) is 3.85. The number of hydrogen-bond donors (Lipinski definition) is 1. The molecule has 1 aliphatic rings. The number of nitrogens with two attached hydrogens (primary N) is 1. The molecule has 3 atom stereocenters. The number of hydrogen-bond acceptors (Lipinski definition) is 4. The average molecular weight is 253 g/mol. The number of piperidine rings is 1. The molecule has 0 spiro atoms. The summed E-state index contributed by atoms with van der Waals surface area (Å²) in [6.07, 6.45) is 2.54. The monoisotopic (exact) mass is 253 g/mol. The maximum Gasteiger partial charge on any atom is 0.0898 e. The molecule has 0 saturated carbocycles. The van der Waals surface area contributed by atoms with Crippen molar-refractivity contribution in [3.8, 4) is 0 Å². The van der Waals surface area contributed by atoms with Gasteiger partial charge in [-0.25, -0.2) is 4.98 Å². The topological polar surface area (TPSA) is 42.2 Å². The molecule has 0 amide bonds. The van der Waals surface area contributed by atoms with Crippen LogP contribution in [0.3, 0.4) is 0 Å². The zero-order valence-corrected chi connectivity index (χ0v) is 11.8. The van der Waals surface area contributed by atoms with Crippen molar-refractivity contribution < 1.29 is 0 Å². The van der Waals surface area contributed by atoms with Gasteiger partial charge in [-0.1, -0.05) is 0 Å². The summed E-state index contributed by atoms with van der Waals surface area (Å²) < 4.78 is 0. The van der Waals surface area contributed by atoms with Crippen LogP contribution in [0.15, 0.2) is 5.38 Å². The van der Waals surface area contributed by atoms with E-state index in [-0.39, 0.29) is 0 Å². The van der Waals surface area contributed by atoms with Gasteiger partial charge >= 0.3 is 0 Å². The summed E-state index contributed by atoms with van der Waals surface area (Å²) in [5, 5.41) is 3.35. The van der Waals surface area contributed by atoms with E-state index in [0.29, 0.717) is 18.0 Å². The first-order valence-electron chi connectivity index (χ1n) is 6.49. The largest absolute Gasteiger partial charge is 0.328 e. The second-order valence-electron chi connectivity index (χ2n) is 5.22. The van der Waals surface area contributed by atoms with Gasteiger partial charge in [0.15, 0.2) is 0 Å². The van der Waals surface area contributed by atoms with E-state index in [1.165, 1.54) is 25.1 Å². The number of rotatable bonds is 3. The minimum atomic E-state index is 0.308. The molecular weight excluding hydrogens is 230 g/mol. The van der Waals surface area contributed by atoms with E-state index in [4.69, 9.17) is 5.73 Å². The fourth-order valence-electron chi connectivity index (χ4n) is 2.58. The van der Waals surface area contributed by atoms with Crippen LogP contribution in [0.4, 0.5) is 0 Å². The Balaban J connectivity index is 2.02. The van der Waals surface area contributed by atoms with E-state index in [1.807, 2.05) is 0 Å². The quantitative estimate of drug-likeness (QED) is 0.900. The molecule has 1 aromatic rings. The van der Waals surface area contributed by atoms with Crippen molar-refractivity contribution >= 4 is 11.3 Å². The van der Waals surface area contributed by atoms with E-state index >= 15 is 0 Å². The molecule has 0 radical (unpaired) electrons. The van der Waals surface area contributed by atoms with Gasteiger partial charge in [-0.2, -0.15) is 0 Å². The zero-order chi connectivity index (χ0) is 12.4. The Morgan fingerprint density at radius 2 is 2.29 bits per heavy atom. The molecule has 0 aromatic carbocycles. The first-order chi connectivity index (χ1) is 8.08. The lowest BCUT2D eigenvalue weighted by molar-refractivity contribution is 0.120. The highest BCUT2D eigenvalue weighted by atomic mass is 32.1. The van der Waals surface area contributed by atoms with Gasteiger partial charge in [0, 0.05) is 18.0 Å². The SMILES string of the molecule is Cc1nc(C(C)N2CCCC(C(C)N)C2)cs1. The Bertz CT molecular complexity index is 361. The fraction of sp³-hybridized carbons (Fsp3) is 0.769. The van der Waals surface area contributed by atoms with Crippen LogP contribution in [-0.4, -0.2) is 29.0 Å². The fourth-order valence-corrected chi connectivity index (χ4v) is 3.28. The molecule has 1 aromatic heterocycles. The van der Waals surface area contributed by atoms with E-state index in [1.54, 1.807) is 11.3 Å². The second-order valence-corrected chi connectivity index (χ2v) is 6.29. The van der Waals surface area contributed by atoms with Gasteiger partial charge in [-0.15, -0.1) is 11.3 Å². The summed E-state index contributed by atoms with van der Waals surface area (Å²) in [5.41, 5.74) is 7.25. The first-order valence-corrected chi connectivity index (χ1v) is 7.37. The summed E-state index contributed by atoms with van der Waals surface area (Å²) in [5.74, 6) is 0.644. The van der Waals surface area contributed by atoms with Gasteiger partial charge < -0.3 is 5.73 Å². The molecule has 17 heavy (non-hydrogen) atoms. The van der Waals surface area contributed by atoms with Crippen molar-refractivity contribution in [3.63, 3.8) is 0 Å². The molecular formula is C13H23N3S. The molecule has 1 fully saturated rings. The van der Waals surface area contributed by atoms with Gasteiger partial charge in [-0.3, -0.25) is 4.90 Å². The molecule has 1 saturated heterocycles. The van der Waals surface area contributed by atoms with E-state index in [0.717, 1.165) is 11.6 Å². The molecule has 0 aliphatic carbocycles. The number of nitrogens with zero attached hydrogens (tertiary/aromatic N) is 2. The molecule has 2 N–H and O–H groups in total. The lowest BCUT2D eigenvalue weighted by Gasteiger charge is -2.37. The Hall–Kier alpha value is -0.450. The van der Waals surface area contributed by atoms with Crippen molar-refractivity contribution in [1.82, 2.24) is 9.88 Å². The van der Waals surface area contributed by atoms with Crippen LogP contribution in [0.25, 0.3) is 0 Å². The molecule has 1 aliphatic heterocycles. The summed E-state index contributed by atoms with van der Waals surface area (Å²) >= 11 is 1.74. The van der Waals surface area contributed by atoms with Crippen molar-refractivity contribution in [2.24, 2.45) is 11.7 Å². The van der Waals surface area contributed by atoms with E-state index < -0.39 is 0 Å². The maximum atomic E-state index is 6.03. The molecule has 0 bridgehead atoms. The van der Waals surface area contributed by atoms with Crippen LogP contribution in [0.1, 0.15) is 43.4 Å². The van der Waals surface area contributed by atoms with Crippen molar-refractivity contribution in [1.29, 1.82) is 0 Å². The number of thiazole rings is 1. The van der Waals surface area contributed by atoms with E-state index in [2.05, 4.69) is 36.0 Å². The van der Waals surface area contributed by atoms with Crippen LogP contribution in [0, 0.1) is 12.8 Å². The van der Waals surface area contributed by atoms with Crippen LogP contribution < -0.4 is 5.73 Å². The van der Waals surface area contributed by atoms with Gasteiger partial charge in [0.2, 0.25) is 0 Å². The van der Waals surface area contributed by atoms with Gasteiger partial charge in [0.1, 0.15) is 0 Å². The highest BCUT2D eigenvalue weighted by Gasteiger charge is 2.27. The van der Waals surface area contributed by atoms with Crippen LogP contribution in [0.2, 0.25) is 0 Å². The van der Waals surface area contributed by atoms with E-state index in [9.17, 15) is 0 Å². The Kier molecular flexibility index (Phi) is 4.17. The molecule has 2 heterocycles. The summed E-state index contributed by atoms with van der Waals surface area (Å²) in [6, 6.07) is 0.740. The first kappa shape index (κ1) is 13.0. The third kappa shape index (κ3) is 3.06. The number of likely N-dealkylation sites (tertiary alicyclic amines) is 1. The normalized spacial score (nSPS) is 25.8. The smallest absolute Gasteiger partial charge is 0.0898 e. The molecule has 3 nitrogen and oxygen atoms in total. The minimum absolute atomic E-state index is 0.308. The Labute approximate surface area is 108 Å². The molecule has 2 rings (SSSR count). The summed E-state index contributed by atoms with van der Waals surface area (Å²) in [7, 11) is 0. The van der Waals surface area contributed by atoms with Crippen molar-refractivity contribution in [2.75, 3.05) is 13.1 Å². The maximum absolute atomic E-state index is 6.03. The molecule has 4 heteroatoms. The predicted molar refractivity (Wildman–Crippen MR) is 73.2 cm³/mol. The predicted octanol–water partition coefficient (Wildman–Crippen LogP) is 2.57. The average Bonchev–Trinajstić information content (AvgIpc) is 2.75. The van der Waals surface area contributed by atoms with Gasteiger partial charge in [0.25, 0.3) is 0 Å². The Morgan fingerprint density at radius 1 is 1.53 bits per heavy atom. The second kappa shape index (κ2) is 5.46. The molecule has 96 valence electrons. The molecule has 3 unspecified atom stereocenters.